The van der Waals surface area contributed by atoms with Gasteiger partial charge in [-0.2, -0.15) is 11.8 Å². The minimum absolute atomic E-state index is 0.288. The highest BCUT2D eigenvalue weighted by Gasteiger charge is 2.21. The van der Waals surface area contributed by atoms with Crippen molar-refractivity contribution in [2.75, 3.05) is 11.5 Å². The molecule has 0 aromatic carbocycles. The number of rotatable bonds is 6. The third kappa shape index (κ3) is 8.75. The molecule has 0 saturated heterocycles. The third-order valence-electron chi connectivity index (χ3n) is 1.72. The topological polar surface area (TPSA) is 52.3 Å². The van der Waals surface area contributed by atoms with E-state index in [2.05, 4.69) is 6.92 Å². The lowest BCUT2D eigenvalue weighted by Gasteiger charge is -2.22. The molecule has 0 radical (unpaired) electrons. The summed E-state index contributed by atoms with van der Waals surface area (Å²) in [6.45, 7) is 7.68. The summed E-state index contributed by atoms with van der Waals surface area (Å²) in [5, 5.41) is 0. The molecule has 4 heteroatoms. The van der Waals surface area contributed by atoms with E-state index in [-0.39, 0.29) is 5.97 Å². The Labute approximate surface area is 97.1 Å². The zero-order chi connectivity index (χ0) is 11.9. The lowest BCUT2D eigenvalue weighted by molar-refractivity contribution is -0.156. The van der Waals surface area contributed by atoms with Gasteiger partial charge in [-0.15, -0.1) is 0 Å². The predicted octanol–water partition coefficient (Wildman–Crippen LogP) is 2.19. The van der Waals surface area contributed by atoms with Crippen molar-refractivity contribution in [1.82, 2.24) is 0 Å². The molecule has 0 spiro atoms. The highest BCUT2D eigenvalue weighted by Crippen LogP contribution is 2.11. The van der Waals surface area contributed by atoms with Gasteiger partial charge in [-0.25, -0.2) is 0 Å². The molecule has 1 unspecified atom stereocenters. The summed E-state index contributed by atoms with van der Waals surface area (Å²) in [5.41, 5.74) is 5.29. The van der Waals surface area contributed by atoms with Crippen LogP contribution in [0.4, 0.5) is 0 Å². The number of nitrogens with two attached hydrogens (primary N) is 1. The van der Waals surface area contributed by atoms with Crippen molar-refractivity contribution in [3.63, 3.8) is 0 Å². The molecule has 0 aromatic heterocycles. The second-order valence-corrected chi connectivity index (χ2v) is 5.87. The van der Waals surface area contributed by atoms with Crippen LogP contribution in [0.5, 0.6) is 0 Å². The fourth-order valence-electron chi connectivity index (χ4n) is 1.04. The summed E-state index contributed by atoms with van der Waals surface area (Å²) in [5.74, 6) is 1.89. The van der Waals surface area contributed by atoms with Gasteiger partial charge < -0.3 is 10.5 Å². The molecule has 0 fully saturated rings. The quantitative estimate of drug-likeness (QED) is 0.564. The number of thioether (sulfide) groups is 1. The van der Waals surface area contributed by atoms with E-state index in [0.717, 1.165) is 17.9 Å². The van der Waals surface area contributed by atoms with Gasteiger partial charge in [0.15, 0.2) is 0 Å². The summed E-state index contributed by atoms with van der Waals surface area (Å²) in [6.07, 6.45) is 1.68. The van der Waals surface area contributed by atoms with Crippen molar-refractivity contribution in [3.05, 3.63) is 0 Å². The monoisotopic (exact) mass is 233 g/mol. The van der Waals surface area contributed by atoms with E-state index >= 15 is 0 Å². The number of carbonyl (C=O) groups excluding carboxylic acids is 1. The number of hydrogen-bond acceptors (Lipinski definition) is 4. The molecule has 0 rings (SSSR count). The van der Waals surface area contributed by atoms with Crippen molar-refractivity contribution in [2.45, 2.75) is 52.2 Å². The van der Waals surface area contributed by atoms with Crippen molar-refractivity contribution in [2.24, 2.45) is 5.73 Å². The van der Waals surface area contributed by atoms with Gasteiger partial charge in [-0.3, -0.25) is 4.79 Å². The van der Waals surface area contributed by atoms with E-state index in [1.165, 1.54) is 0 Å². The highest BCUT2D eigenvalue weighted by molar-refractivity contribution is 7.99. The molecule has 3 nitrogen and oxygen atoms in total. The molecule has 15 heavy (non-hydrogen) atoms. The molecule has 2 N–H and O–H groups in total. The summed E-state index contributed by atoms with van der Waals surface area (Å²) < 4.78 is 5.19. The van der Waals surface area contributed by atoms with Gasteiger partial charge in [0.05, 0.1) is 0 Å². The van der Waals surface area contributed by atoms with Crippen molar-refractivity contribution < 1.29 is 9.53 Å². The smallest absolute Gasteiger partial charge is 0.323 e. The Morgan fingerprint density at radius 3 is 2.53 bits per heavy atom. The Morgan fingerprint density at radius 2 is 2.07 bits per heavy atom. The Hall–Kier alpha value is -0.220. The van der Waals surface area contributed by atoms with Crippen LogP contribution in [-0.4, -0.2) is 29.1 Å². The summed E-state index contributed by atoms with van der Waals surface area (Å²) in [7, 11) is 0. The molecular formula is C11H23NO2S. The Morgan fingerprint density at radius 1 is 1.47 bits per heavy atom. The van der Waals surface area contributed by atoms with Crippen molar-refractivity contribution in [3.8, 4) is 0 Å². The first-order valence-corrected chi connectivity index (χ1v) is 6.58. The van der Waals surface area contributed by atoms with Crippen LogP contribution in [0, 0.1) is 0 Å². The SMILES string of the molecule is CCSCCCC(N)C(=O)OC(C)(C)C. The first-order chi connectivity index (χ1) is 6.87. The van der Waals surface area contributed by atoms with Crippen LogP contribution in [-0.2, 0) is 9.53 Å². The van der Waals surface area contributed by atoms with Crippen LogP contribution >= 0.6 is 11.8 Å². The molecule has 90 valence electrons. The van der Waals surface area contributed by atoms with E-state index in [1.807, 2.05) is 32.5 Å². The fourth-order valence-corrected chi connectivity index (χ4v) is 1.70. The fraction of sp³-hybridized carbons (Fsp3) is 0.909. The number of carbonyl (C=O) groups is 1. The van der Waals surface area contributed by atoms with Crippen LogP contribution in [0.3, 0.4) is 0 Å². The van der Waals surface area contributed by atoms with E-state index < -0.39 is 11.6 Å². The molecule has 0 aliphatic heterocycles. The van der Waals surface area contributed by atoms with Gasteiger partial charge in [0, 0.05) is 0 Å². The molecule has 0 aliphatic rings. The Balaban J connectivity index is 3.70. The van der Waals surface area contributed by atoms with Crippen LogP contribution in [0.2, 0.25) is 0 Å². The van der Waals surface area contributed by atoms with E-state index in [1.54, 1.807) is 0 Å². The second kappa shape index (κ2) is 7.12. The largest absolute Gasteiger partial charge is 0.459 e. The maximum atomic E-state index is 11.5. The maximum Gasteiger partial charge on any atom is 0.323 e. The van der Waals surface area contributed by atoms with E-state index in [4.69, 9.17) is 10.5 Å². The standard InChI is InChI=1S/C11H23NO2S/c1-5-15-8-6-7-9(12)10(13)14-11(2,3)4/h9H,5-8,12H2,1-4H3. The summed E-state index contributed by atoms with van der Waals surface area (Å²) >= 11 is 1.87. The Bertz CT molecular complexity index is 190. The van der Waals surface area contributed by atoms with E-state index in [9.17, 15) is 4.79 Å². The number of hydrogen-bond donors (Lipinski definition) is 1. The van der Waals surface area contributed by atoms with Crippen LogP contribution in [0.1, 0.15) is 40.5 Å². The minimum atomic E-state index is -0.471. The van der Waals surface area contributed by atoms with Gasteiger partial charge in [-0.05, 0) is 45.1 Å². The first-order valence-electron chi connectivity index (χ1n) is 5.43. The Kier molecular flexibility index (Phi) is 7.02. The highest BCUT2D eigenvalue weighted by atomic mass is 32.2. The van der Waals surface area contributed by atoms with Crippen LogP contribution in [0.25, 0.3) is 0 Å². The van der Waals surface area contributed by atoms with Crippen LogP contribution in [0.15, 0.2) is 0 Å². The maximum absolute atomic E-state index is 11.5. The molecule has 0 saturated carbocycles. The van der Waals surface area contributed by atoms with Gasteiger partial charge in [0.2, 0.25) is 0 Å². The average Bonchev–Trinajstić information content (AvgIpc) is 2.09. The van der Waals surface area contributed by atoms with Crippen molar-refractivity contribution >= 4 is 17.7 Å². The molecule has 0 aromatic rings. The summed E-state index contributed by atoms with van der Waals surface area (Å²) in [4.78, 5) is 11.5. The first kappa shape index (κ1) is 14.8. The number of ether oxygens (including phenoxy) is 1. The normalized spacial score (nSPS) is 13.7. The molecule has 0 bridgehead atoms. The number of esters is 1. The van der Waals surface area contributed by atoms with Crippen molar-refractivity contribution in [1.29, 1.82) is 0 Å². The van der Waals surface area contributed by atoms with Crippen LogP contribution < -0.4 is 5.73 Å². The molecule has 0 heterocycles. The van der Waals surface area contributed by atoms with Gasteiger partial charge in [-0.1, -0.05) is 6.92 Å². The molecule has 1 atom stereocenters. The lowest BCUT2D eigenvalue weighted by atomic mass is 10.1. The molecule has 0 aliphatic carbocycles. The second-order valence-electron chi connectivity index (χ2n) is 4.48. The summed E-state index contributed by atoms with van der Waals surface area (Å²) in [6, 6.07) is -0.471. The van der Waals surface area contributed by atoms with E-state index in [0.29, 0.717) is 6.42 Å². The zero-order valence-electron chi connectivity index (χ0n) is 10.2. The zero-order valence-corrected chi connectivity index (χ0v) is 11.0. The molecular weight excluding hydrogens is 210 g/mol. The third-order valence-corrected chi connectivity index (χ3v) is 2.70. The van der Waals surface area contributed by atoms with Gasteiger partial charge in [0.1, 0.15) is 11.6 Å². The lowest BCUT2D eigenvalue weighted by Crippen LogP contribution is -2.37. The van der Waals surface area contributed by atoms with Gasteiger partial charge in [0.25, 0.3) is 0 Å². The minimum Gasteiger partial charge on any atom is -0.459 e. The molecule has 0 amide bonds. The average molecular weight is 233 g/mol. The predicted molar refractivity (Wildman–Crippen MR) is 66.1 cm³/mol. The van der Waals surface area contributed by atoms with Gasteiger partial charge >= 0.3 is 5.97 Å².